The molecule has 1 saturated heterocycles. The van der Waals surface area contributed by atoms with Crippen LogP contribution in [0.15, 0.2) is 52.7 Å². The molecule has 0 spiro atoms. The lowest BCUT2D eigenvalue weighted by Crippen LogP contribution is -2.34. The van der Waals surface area contributed by atoms with E-state index < -0.39 is 21.4 Å². The van der Waals surface area contributed by atoms with Crippen LogP contribution in [0.25, 0.3) is 10.4 Å². The predicted molar refractivity (Wildman–Crippen MR) is 128 cm³/mol. The molecule has 2 heterocycles. The molecule has 1 aromatic heterocycles. The zero-order valence-corrected chi connectivity index (χ0v) is 20.6. The fourth-order valence-electron chi connectivity index (χ4n) is 3.31. The van der Waals surface area contributed by atoms with E-state index in [1.165, 1.54) is 36.4 Å². The summed E-state index contributed by atoms with van der Waals surface area (Å²) < 4.78 is 46.5. The second kappa shape index (κ2) is 9.00. The van der Waals surface area contributed by atoms with Crippen molar-refractivity contribution in [1.29, 1.82) is 0 Å². The Kier molecular flexibility index (Phi) is 6.64. The van der Waals surface area contributed by atoms with Crippen LogP contribution >= 0.6 is 46.3 Å². The van der Waals surface area contributed by atoms with Gasteiger partial charge in [-0.05, 0) is 55.4 Å². The van der Waals surface area contributed by atoms with Gasteiger partial charge in [-0.25, -0.2) is 4.39 Å². The van der Waals surface area contributed by atoms with Crippen LogP contribution in [0.5, 0.6) is 5.75 Å². The van der Waals surface area contributed by atoms with Gasteiger partial charge in [0.1, 0.15) is 21.4 Å². The quantitative estimate of drug-likeness (QED) is 0.374. The molecule has 11 heteroatoms. The SMILES string of the molecule is C[C@@]1(Oc2cc(N(Cl)S(=O)(=O)c3ccc(-c4ccc(F)c(Cl)c4)s3)ccc2Cl)CCNC1. The maximum absolute atomic E-state index is 13.4. The molecule has 0 aliphatic carbocycles. The van der Waals surface area contributed by atoms with Crippen molar-refractivity contribution in [2.45, 2.75) is 23.2 Å². The Morgan fingerprint density at radius 1 is 1.12 bits per heavy atom. The Morgan fingerprint density at radius 2 is 1.91 bits per heavy atom. The smallest absolute Gasteiger partial charge is 0.287 e. The molecule has 0 saturated carbocycles. The maximum atomic E-state index is 13.4. The van der Waals surface area contributed by atoms with Crippen LogP contribution in [-0.2, 0) is 10.0 Å². The highest BCUT2D eigenvalue weighted by Gasteiger charge is 2.32. The van der Waals surface area contributed by atoms with Crippen LogP contribution in [-0.4, -0.2) is 27.1 Å². The molecule has 0 radical (unpaired) electrons. The van der Waals surface area contributed by atoms with Gasteiger partial charge in [0, 0.05) is 35.7 Å². The number of hydrogen-bond donors (Lipinski definition) is 1. The van der Waals surface area contributed by atoms with E-state index in [4.69, 9.17) is 39.7 Å². The van der Waals surface area contributed by atoms with Gasteiger partial charge in [-0.15, -0.1) is 11.3 Å². The highest BCUT2D eigenvalue weighted by molar-refractivity contribution is 7.96. The van der Waals surface area contributed by atoms with Gasteiger partial charge in [0.05, 0.1) is 15.7 Å². The lowest BCUT2D eigenvalue weighted by Gasteiger charge is -2.26. The minimum absolute atomic E-state index is 0.0207. The van der Waals surface area contributed by atoms with Crippen LogP contribution in [0.2, 0.25) is 10.0 Å². The standard InChI is InChI=1S/C21H18Cl3FN2O3S2/c1-21(8-9-26-12-21)30-18-11-14(3-4-15(18)22)27(24)32(28,29)20-7-6-19(31-20)13-2-5-17(25)16(23)10-13/h2-7,10-11,26H,8-9,12H2,1H3/t21-/m1/s1. The molecule has 1 aliphatic rings. The summed E-state index contributed by atoms with van der Waals surface area (Å²) in [5.41, 5.74) is 0.349. The van der Waals surface area contributed by atoms with Crippen molar-refractivity contribution in [2.75, 3.05) is 16.9 Å². The third kappa shape index (κ3) is 4.71. The van der Waals surface area contributed by atoms with Crippen LogP contribution in [0, 0.1) is 5.82 Å². The van der Waals surface area contributed by atoms with Gasteiger partial charge in [-0.2, -0.15) is 12.2 Å². The average Bonchev–Trinajstić information content (AvgIpc) is 3.41. The molecule has 1 fully saturated rings. The monoisotopic (exact) mass is 534 g/mol. The van der Waals surface area contributed by atoms with E-state index in [-0.39, 0.29) is 14.9 Å². The number of nitrogens with zero attached hydrogens (tertiary/aromatic N) is 1. The van der Waals surface area contributed by atoms with Crippen molar-refractivity contribution in [1.82, 2.24) is 5.32 Å². The molecule has 170 valence electrons. The van der Waals surface area contributed by atoms with E-state index in [2.05, 4.69) is 5.32 Å². The summed E-state index contributed by atoms with van der Waals surface area (Å²) in [6, 6.07) is 11.8. The Labute approximate surface area is 204 Å². The molecule has 32 heavy (non-hydrogen) atoms. The summed E-state index contributed by atoms with van der Waals surface area (Å²) in [5.74, 6) is -0.196. The Balaban J connectivity index is 1.61. The number of ether oxygens (including phenoxy) is 1. The minimum atomic E-state index is -4.07. The van der Waals surface area contributed by atoms with Crippen molar-refractivity contribution < 1.29 is 17.5 Å². The molecule has 1 atom stereocenters. The van der Waals surface area contributed by atoms with Crippen molar-refractivity contribution in [3.63, 3.8) is 0 Å². The third-order valence-electron chi connectivity index (χ3n) is 5.05. The molecule has 0 bridgehead atoms. The molecule has 4 rings (SSSR count). The van der Waals surface area contributed by atoms with Gasteiger partial charge >= 0.3 is 0 Å². The number of sulfonamides is 1. The van der Waals surface area contributed by atoms with Crippen LogP contribution in [0.4, 0.5) is 10.1 Å². The molecule has 0 unspecified atom stereocenters. The molecule has 1 N–H and O–H groups in total. The summed E-state index contributed by atoms with van der Waals surface area (Å²) in [4.78, 5) is 0.609. The van der Waals surface area contributed by atoms with Crippen molar-refractivity contribution in [3.8, 4) is 16.2 Å². The average molecular weight is 536 g/mol. The Morgan fingerprint density at radius 3 is 2.59 bits per heavy atom. The first-order valence-corrected chi connectivity index (χ1v) is 12.9. The van der Waals surface area contributed by atoms with Crippen molar-refractivity contribution >= 4 is 62.0 Å². The minimum Gasteiger partial charge on any atom is -0.485 e. The highest BCUT2D eigenvalue weighted by atomic mass is 35.5. The number of anilines is 1. The van der Waals surface area contributed by atoms with Crippen LogP contribution in [0.3, 0.4) is 0 Å². The van der Waals surface area contributed by atoms with E-state index in [1.807, 2.05) is 6.92 Å². The molecule has 1 aliphatic heterocycles. The summed E-state index contributed by atoms with van der Waals surface area (Å²) in [6.07, 6.45) is 0.793. The van der Waals surface area contributed by atoms with Gasteiger partial charge in [0.25, 0.3) is 10.0 Å². The number of rotatable bonds is 6. The first-order valence-electron chi connectivity index (χ1n) is 9.55. The lowest BCUT2D eigenvalue weighted by molar-refractivity contribution is 0.111. The van der Waals surface area contributed by atoms with Crippen LogP contribution < -0.4 is 13.9 Å². The highest BCUT2D eigenvalue weighted by Crippen LogP contribution is 2.39. The fourth-order valence-corrected chi connectivity index (χ4v) is 6.53. The summed E-state index contributed by atoms with van der Waals surface area (Å²) in [7, 11) is -4.07. The second-order valence-electron chi connectivity index (χ2n) is 7.56. The first-order chi connectivity index (χ1) is 15.1. The Hall–Kier alpha value is -1.55. The Bertz CT molecular complexity index is 1260. The van der Waals surface area contributed by atoms with E-state index in [1.54, 1.807) is 12.1 Å². The lowest BCUT2D eigenvalue weighted by atomic mass is 10.1. The van der Waals surface area contributed by atoms with Crippen molar-refractivity contribution in [2.24, 2.45) is 0 Å². The van der Waals surface area contributed by atoms with Crippen LogP contribution in [0.1, 0.15) is 13.3 Å². The number of thiophene rings is 1. The van der Waals surface area contributed by atoms with Gasteiger partial charge in [0.2, 0.25) is 0 Å². The normalized spacial score (nSPS) is 18.7. The molecule has 0 amide bonds. The zero-order chi connectivity index (χ0) is 23.1. The zero-order valence-electron chi connectivity index (χ0n) is 16.7. The summed E-state index contributed by atoms with van der Waals surface area (Å²) in [6.45, 7) is 3.44. The van der Waals surface area contributed by atoms with Gasteiger partial charge in [0.15, 0.2) is 0 Å². The predicted octanol–water partition coefficient (Wildman–Crippen LogP) is 6.34. The molecule has 5 nitrogen and oxygen atoms in total. The van der Waals surface area contributed by atoms with E-state index in [0.717, 1.165) is 24.3 Å². The number of hydrogen-bond acceptors (Lipinski definition) is 5. The largest absolute Gasteiger partial charge is 0.485 e. The maximum Gasteiger partial charge on any atom is 0.287 e. The van der Waals surface area contributed by atoms with Gasteiger partial charge < -0.3 is 10.1 Å². The number of halogens is 4. The third-order valence-corrected chi connectivity index (χ3v) is 9.48. The molecular weight excluding hydrogens is 518 g/mol. The fraction of sp³-hybridized carbons (Fsp3) is 0.238. The van der Waals surface area contributed by atoms with Gasteiger partial charge in [-0.3, -0.25) is 0 Å². The molecular formula is C21H18Cl3FN2O3S2. The van der Waals surface area contributed by atoms with Crippen molar-refractivity contribution in [3.05, 3.63) is 64.4 Å². The number of nitrogens with one attached hydrogen (secondary N) is 1. The molecule has 3 aromatic rings. The summed E-state index contributed by atoms with van der Waals surface area (Å²) in [5, 5.41) is 3.54. The second-order valence-corrected chi connectivity index (χ2v) is 12.0. The first kappa shape index (κ1) is 23.6. The van der Waals surface area contributed by atoms with E-state index in [0.29, 0.717) is 31.6 Å². The summed E-state index contributed by atoms with van der Waals surface area (Å²) >= 11 is 19.4. The van der Waals surface area contributed by atoms with E-state index in [9.17, 15) is 12.8 Å². The number of benzene rings is 2. The van der Waals surface area contributed by atoms with E-state index >= 15 is 0 Å². The topological polar surface area (TPSA) is 58.6 Å². The van der Waals surface area contributed by atoms with Gasteiger partial charge in [-0.1, -0.05) is 29.3 Å². The molecule has 2 aromatic carbocycles.